The minimum absolute atomic E-state index is 0.0932. The van der Waals surface area contributed by atoms with E-state index in [0.717, 1.165) is 60.2 Å². The molecule has 1 atom stereocenters. The number of hydrogen-bond acceptors (Lipinski definition) is 8. The molecule has 0 unspecified atom stereocenters. The highest BCUT2D eigenvalue weighted by Gasteiger charge is 2.28. The fraction of sp³-hybridized carbons (Fsp3) is 0.444. The fourth-order valence-electron chi connectivity index (χ4n) is 4.99. The second kappa shape index (κ2) is 11.4. The van der Waals surface area contributed by atoms with E-state index >= 15 is 0 Å². The Hall–Kier alpha value is -3.70. The van der Waals surface area contributed by atoms with Crippen molar-refractivity contribution in [1.29, 1.82) is 0 Å². The van der Waals surface area contributed by atoms with Crippen molar-refractivity contribution < 1.29 is 24.1 Å². The van der Waals surface area contributed by atoms with Gasteiger partial charge in [-0.25, -0.2) is 4.98 Å². The van der Waals surface area contributed by atoms with E-state index < -0.39 is 11.9 Å². The lowest BCUT2D eigenvalue weighted by Gasteiger charge is -2.29. The lowest BCUT2D eigenvalue weighted by molar-refractivity contribution is 0.0783. The van der Waals surface area contributed by atoms with Crippen LogP contribution in [0.2, 0.25) is 0 Å². The topological polar surface area (TPSA) is 119 Å². The van der Waals surface area contributed by atoms with Crippen molar-refractivity contribution in [1.82, 2.24) is 24.5 Å². The lowest BCUT2D eigenvalue weighted by atomic mass is 9.93. The van der Waals surface area contributed by atoms with Crippen molar-refractivity contribution in [3.63, 3.8) is 0 Å². The summed E-state index contributed by atoms with van der Waals surface area (Å²) in [6, 6.07) is 7.09. The highest BCUT2D eigenvalue weighted by Crippen LogP contribution is 2.37. The highest BCUT2D eigenvalue weighted by atomic mass is 19.1. The maximum Gasteiger partial charge on any atom is 0.206 e. The molecule has 11 heteroatoms. The van der Waals surface area contributed by atoms with Crippen LogP contribution in [0.4, 0.5) is 10.2 Å². The number of aliphatic hydroxyl groups is 2. The van der Waals surface area contributed by atoms with Gasteiger partial charge in [-0.3, -0.25) is 9.36 Å². The molecule has 0 aliphatic heterocycles. The minimum atomic E-state index is -0.885. The molecule has 202 valence electrons. The molecule has 0 amide bonds. The van der Waals surface area contributed by atoms with Crippen molar-refractivity contribution in [2.24, 2.45) is 0 Å². The summed E-state index contributed by atoms with van der Waals surface area (Å²) < 4.78 is 29.3. The summed E-state index contributed by atoms with van der Waals surface area (Å²) in [6.45, 7) is 2.63. The smallest absolute Gasteiger partial charge is 0.206 e. The molecule has 10 nitrogen and oxygen atoms in total. The first-order valence-corrected chi connectivity index (χ1v) is 12.9. The average molecular weight is 525 g/mol. The zero-order chi connectivity index (χ0) is 26.6. The Morgan fingerprint density at radius 3 is 2.71 bits per heavy atom. The molecule has 0 spiro atoms. The summed E-state index contributed by atoms with van der Waals surface area (Å²) in [4.78, 5) is 4.56. The van der Waals surface area contributed by atoms with Crippen molar-refractivity contribution in [2.75, 3.05) is 25.6 Å². The van der Waals surface area contributed by atoms with Crippen LogP contribution in [0.5, 0.6) is 11.5 Å². The third kappa shape index (κ3) is 5.30. The van der Waals surface area contributed by atoms with E-state index in [9.17, 15) is 9.50 Å². The lowest BCUT2D eigenvalue weighted by Crippen LogP contribution is -2.26. The molecule has 0 radical (unpaired) electrons. The summed E-state index contributed by atoms with van der Waals surface area (Å²) in [6.07, 6.45) is 7.56. The van der Waals surface area contributed by atoms with E-state index in [2.05, 4.69) is 20.1 Å². The zero-order valence-corrected chi connectivity index (χ0v) is 21.5. The Balaban J connectivity index is 1.39. The van der Waals surface area contributed by atoms with E-state index in [-0.39, 0.29) is 36.8 Å². The van der Waals surface area contributed by atoms with Crippen LogP contribution < -0.4 is 14.8 Å². The van der Waals surface area contributed by atoms with Gasteiger partial charge in [-0.1, -0.05) is 6.07 Å². The van der Waals surface area contributed by atoms with Gasteiger partial charge in [-0.15, -0.1) is 0 Å². The van der Waals surface area contributed by atoms with Crippen LogP contribution in [0.1, 0.15) is 38.6 Å². The molecule has 4 aromatic rings. The Morgan fingerprint density at radius 1 is 1.18 bits per heavy atom. The average Bonchev–Trinajstić information content (AvgIpc) is 3.55. The molecule has 1 aliphatic rings. The Kier molecular flexibility index (Phi) is 7.75. The Labute approximate surface area is 220 Å². The van der Waals surface area contributed by atoms with Gasteiger partial charge in [0.2, 0.25) is 5.82 Å². The van der Waals surface area contributed by atoms with Gasteiger partial charge in [-0.05, 0) is 44.7 Å². The molecule has 3 aromatic heterocycles. The number of rotatable bonds is 10. The third-order valence-corrected chi connectivity index (χ3v) is 6.90. The van der Waals surface area contributed by atoms with Crippen molar-refractivity contribution in [2.45, 2.75) is 57.4 Å². The predicted octanol–water partition coefficient (Wildman–Crippen LogP) is 3.79. The molecule has 0 bridgehead atoms. The maximum atomic E-state index is 14.6. The minimum Gasteiger partial charge on any atom is -0.494 e. The van der Waals surface area contributed by atoms with Crippen LogP contribution in [0.25, 0.3) is 22.2 Å². The van der Waals surface area contributed by atoms with Crippen LogP contribution in [-0.2, 0) is 6.54 Å². The largest absolute Gasteiger partial charge is 0.494 e. The molecular formula is C27H33FN6O4. The van der Waals surface area contributed by atoms with Crippen LogP contribution in [0, 0.1) is 5.82 Å². The normalized spacial score (nSPS) is 18.4. The van der Waals surface area contributed by atoms with Crippen molar-refractivity contribution in [3.8, 4) is 22.8 Å². The number of fused-ring (bicyclic) bond motifs is 1. The first-order valence-electron chi connectivity index (χ1n) is 12.9. The van der Waals surface area contributed by atoms with E-state index in [1.807, 2.05) is 25.4 Å². The van der Waals surface area contributed by atoms with Gasteiger partial charge in [0.1, 0.15) is 11.5 Å². The number of nitrogens with zero attached hydrogens (tertiary/aromatic N) is 5. The molecular weight excluding hydrogens is 491 g/mol. The van der Waals surface area contributed by atoms with E-state index in [1.54, 1.807) is 29.1 Å². The molecule has 1 aliphatic carbocycles. The molecule has 1 aromatic carbocycles. The molecule has 1 saturated carbocycles. The van der Waals surface area contributed by atoms with Gasteiger partial charge in [-0.2, -0.15) is 14.6 Å². The number of hydrogen-bond donors (Lipinski definition) is 3. The molecule has 3 N–H and O–H groups in total. The molecule has 1 fully saturated rings. The first kappa shape index (κ1) is 25.9. The summed E-state index contributed by atoms with van der Waals surface area (Å²) >= 11 is 0. The molecule has 0 saturated heterocycles. The number of nitrogens with one attached hydrogen (secondary N) is 1. The van der Waals surface area contributed by atoms with Crippen molar-refractivity contribution >= 4 is 16.7 Å². The number of ether oxygens (including phenoxy) is 2. The summed E-state index contributed by atoms with van der Waals surface area (Å²) in [5, 5.41) is 32.5. The number of anilines is 1. The monoisotopic (exact) mass is 524 g/mol. The van der Waals surface area contributed by atoms with Gasteiger partial charge in [0, 0.05) is 36.0 Å². The molecule has 5 rings (SSSR count). The number of aromatic nitrogens is 5. The predicted molar refractivity (Wildman–Crippen MR) is 141 cm³/mol. The van der Waals surface area contributed by atoms with Gasteiger partial charge in [0.05, 0.1) is 50.2 Å². The zero-order valence-electron chi connectivity index (χ0n) is 21.5. The maximum absolute atomic E-state index is 14.6. The number of pyridine rings is 1. The summed E-state index contributed by atoms with van der Waals surface area (Å²) in [5.41, 5.74) is 2.54. The number of benzene rings is 1. The van der Waals surface area contributed by atoms with E-state index in [4.69, 9.17) is 19.7 Å². The van der Waals surface area contributed by atoms with Crippen LogP contribution in [0.3, 0.4) is 0 Å². The molecule has 38 heavy (non-hydrogen) atoms. The second-order valence-electron chi connectivity index (χ2n) is 9.52. The second-order valence-corrected chi connectivity index (χ2v) is 9.52. The standard InChI is InChI=1S/C27H33FN6O4/c1-3-29-25-11-22-21(13-30-25)27(17-12-31-33(14-17)15-19(36)16-35)32-34(22)18-7-9-20(10-8-18)38-24-6-4-5-23(37-2)26(24)28/h4-6,11-14,18-20,35-36H,3,7-10,15-16H2,1-2H3,(H,29,30)/t18?,19-,20?/m0/s1. The Morgan fingerprint density at radius 2 is 1.97 bits per heavy atom. The van der Waals surface area contributed by atoms with Gasteiger partial charge >= 0.3 is 0 Å². The summed E-state index contributed by atoms with van der Waals surface area (Å²) in [7, 11) is 1.44. The van der Waals surface area contributed by atoms with Crippen LogP contribution in [0.15, 0.2) is 42.9 Å². The Bertz CT molecular complexity index is 1380. The molecule has 3 heterocycles. The third-order valence-electron chi connectivity index (χ3n) is 6.90. The van der Waals surface area contributed by atoms with Crippen LogP contribution >= 0.6 is 0 Å². The van der Waals surface area contributed by atoms with Gasteiger partial charge < -0.3 is 25.0 Å². The number of halogens is 1. The summed E-state index contributed by atoms with van der Waals surface area (Å²) in [5.74, 6) is 0.686. The van der Waals surface area contributed by atoms with Crippen molar-refractivity contribution in [3.05, 3.63) is 48.7 Å². The van der Waals surface area contributed by atoms with Crippen LogP contribution in [-0.4, -0.2) is 67.2 Å². The number of methoxy groups -OCH3 is 1. The fourth-order valence-corrected chi connectivity index (χ4v) is 4.99. The first-order chi connectivity index (χ1) is 18.5. The SMILES string of the molecule is CCNc1cc2c(cn1)c(-c1cnn(C[C@H](O)CO)c1)nn2C1CCC(Oc2cccc(OC)c2F)CC1. The quantitative estimate of drug-likeness (QED) is 0.287. The van der Waals surface area contributed by atoms with Gasteiger partial charge in [0.25, 0.3) is 0 Å². The van der Waals surface area contributed by atoms with E-state index in [0.29, 0.717) is 0 Å². The number of aliphatic hydroxyl groups excluding tert-OH is 2. The van der Waals surface area contributed by atoms with Gasteiger partial charge in [0.15, 0.2) is 11.5 Å². The highest BCUT2D eigenvalue weighted by molar-refractivity contribution is 5.93. The van der Waals surface area contributed by atoms with E-state index in [1.165, 1.54) is 7.11 Å².